The Morgan fingerprint density at radius 1 is 0.880 bits per heavy atom. The molecule has 3 rings (SSSR count). The molecule has 0 radical (unpaired) electrons. The van der Waals surface area contributed by atoms with Crippen LogP contribution in [-0.2, 0) is 14.9 Å². The van der Waals surface area contributed by atoms with E-state index < -0.39 is 5.60 Å². The van der Waals surface area contributed by atoms with Gasteiger partial charge in [0.05, 0.1) is 11.2 Å². The monoisotopic (exact) mass is 338 g/mol. The molecule has 25 heavy (non-hydrogen) atoms. The lowest BCUT2D eigenvalue weighted by Crippen LogP contribution is -2.41. The smallest absolute Gasteiger partial charge is 0.399 e. The van der Waals surface area contributed by atoms with E-state index in [9.17, 15) is 5.11 Å². The largest absolute Gasteiger partial charge is 0.494 e. The molecule has 1 fully saturated rings. The molecule has 0 aromatic heterocycles. The third-order valence-corrected chi connectivity index (χ3v) is 5.67. The Labute approximate surface area is 151 Å². The van der Waals surface area contributed by atoms with Gasteiger partial charge in [-0.2, -0.15) is 0 Å². The van der Waals surface area contributed by atoms with Crippen LogP contribution in [0.5, 0.6) is 0 Å². The maximum absolute atomic E-state index is 11.1. The highest BCUT2D eigenvalue weighted by atomic mass is 16.7. The topological polar surface area (TPSA) is 38.7 Å². The molecule has 1 aliphatic rings. The van der Waals surface area contributed by atoms with Crippen molar-refractivity contribution in [2.24, 2.45) is 0 Å². The van der Waals surface area contributed by atoms with Crippen LogP contribution >= 0.6 is 0 Å². The molecule has 132 valence electrons. The summed E-state index contributed by atoms with van der Waals surface area (Å²) in [7, 11) is -0.387. The highest BCUT2D eigenvalue weighted by molar-refractivity contribution is 6.62. The van der Waals surface area contributed by atoms with Crippen molar-refractivity contribution in [3.8, 4) is 0 Å². The molecule has 2 aromatic rings. The van der Waals surface area contributed by atoms with Crippen LogP contribution in [0.1, 0.15) is 51.3 Å². The van der Waals surface area contributed by atoms with Gasteiger partial charge in [0, 0.05) is 0 Å². The zero-order valence-corrected chi connectivity index (χ0v) is 16.0. The lowest BCUT2D eigenvalue weighted by molar-refractivity contribution is 0.00578. The first-order valence-corrected chi connectivity index (χ1v) is 8.79. The van der Waals surface area contributed by atoms with Gasteiger partial charge in [0.15, 0.2) is 0 Å². The molecule has 0 aliphatic carbocycles. The van der Waals surface area contributed by atoms with E-state index in [0.29, 0.717) is 0 Å². The Morgan fingerprint density at radius 3 is 1.92 bits per heavy atom. The number of hydrogen-bond acceptors (Lipinski definition) is 3. The third kappa shape index (κ3) is 3.14. The van der Waals surface area contributed by atoms with E-state index in [0.717, 1.165) is 22.2 Å². The molecule has 0 saturated carbocycles. The summed E-state index contributed by atoms with van der Waals surface area (Å²) in [6.45, 7) is 12.0. The number of aryl methyl sites for hydroxylation is 1. The number of aliphatic hydroxyl groups is 1. The predicted molar refractivity (Wildman–Crippen MR) is 102 cm³/mol. The molecule has 4 heteroatoms. The van der Waals surface area contributed by atoms with E-state index in [2.05, 4.69) is 0 Å². The van der Waals surface area contributed by atoms with Crippen LogP contribution in [0.4, 0.5) is 0 Å². The Kier molecular flexibility index (Phi) is 4.35. The van der Waals surface area contributed by atoms with E-state index in [-0.39, 0.29) is 18.3 Å². The van der Waals surface area contributed by atoms with Crippen LogP contribution in [0, 0.1) is 6.92 Å². The fourth-order valence-electron chi connectivity index (χ4n) is 3.22. The zero-order chi connectivity index (χ0) is 18.5. The third-order valence-electron chi connectivity index (χ3n) is 5.67. The van der Waals surface area contributed by atoms with Crippen molar-refractivity contribution >= 4 is 12.6 Å². The fourth-order valence-corrected chi connectivity index (χ4v) is 3.22. The second-order valence-corrected chi connectivity index (χ2v) is 8.10. The van der Waals surface area contributed by atoms with Crippen LogP contribution < -0.4 is 5.46 Å². The van der Waals surface area contributed by atoms with Crippen molar-refractivity contribution < 1.29 is 14.4 Å². The van der Waals surface area contributed by atoms with Crippen molar-refractivity contribution in [2.75, 3.05) is 0 Å². The number of benzene rings is 2. The average Bonchev–Trinajstić information content (AvgIpc) is 2.76. The van der Waals surface area contributed by atoms with E-state index in [1.807, 2.05) is 90.1 Å². The molecule has 0 bridgehead atoms. The maximum Gasteiger partial charge on any atom is 0.494 e. The number of hydrogen-bond donors (Lipinski definition) is 1. The van der Waals surface area contributed by atoms with Gasteiger partial charge in [0.1, 0.15) is 5.60 Å². The highest BCUT2D eigenvalue weighted by Crippen LogP contribution is 2.37. The predicted octanol–water partition coefficient (Wildman–Crippen LogP) is 3.55. The minimum Gasteiger partial charge on any atom is -0.399 e. The van der Waals surface area contributed by atoms with Gasteiger partial charge in [0.25, 0.3) is 0 Å². The standard InChI is InChI=1S/C21H27BO3/c1-15-9-7-8-10-18(15)21(6,23)16-11-13-17(14-12-16)22-24-19(2,3)20(4,5)25-22/h7-14,23H,1-6H3. The summed E-state index contributed by atoms with van der Waals surface area (Å²) in [6, 6.07) is 15.8. The van der Waals surface area contributed by atoms with Gasteiger partial charge in [-0.05, 0) is 63.7 Å². The molecule has 1 saturated heterocycles. The quantitative estimate of drug-likeness (QED) is 0.870. The normalized spacial score (nSPS) is 21.2. The van der Waals surface area contributed by atoms with Gasteiger partial charge >= 0.3 is 7.12 Å². The summed E-state index contributed by atoms with van der Waals surface area (Å²) in [6.07, 6.45) is 0. The molecule has 1 unspecified atom stereocenters. The molecule has 1 heterocycles. The van der Waals surface area contributed by atoms with E-state index in [1.165, 1.54) is 0 Å². The summed E-state index contributed by atoms with van der Waals surface area (Å²) in [5, 5.41) is 11.1. The minimum atomic E-state index is -1.04. The molecule has 3 nitrogen and oxygen atoms in total. The van der Waals surface area contributed by atoms with Gasteiger partial charge in [0.2, 0.25) is 0 Å². The lowest BCUT2D eigenvalue weighted by Gasteiger charge is -2.32. The molecular formula is C21H27BO3. The Bertz CT molecular complexity index is 747. The first-order chi connectivity index (χ1) is 11.5. The van der Waals surface area contributed by atoms with E-state index in [4.69, 9.17) is 9.31 Å². The molecule has 1 atom stereocenters. The first kappa shape index (κ1) is 18.2. The first-order valence-electron chi connectivity index (χ1n) is 8.79. The van der Waals surface area contributed by atoms with Crippen LogP contribution in [-0.4, -0.2) is 23.4 Å². The fraction of sp³-hybridized carbons (Fsp3) is 0.429. The SMILES string of the molecule is Cc1ccccc1C(C)(O)c1ccc(B2OC(C)(C)C(C)(C)O2)cc1. The molecule has 1 N–H and O–H groups in total. The van der Waals surface area contributed by atoms with Crippen molar-refractivity contribution in [1.29, 1.82) is 0 Å². The van der Waals surface area contributed by atoms with Crippen LogP contribution in [0.3, 0.4) is 0 Å². The van der Waals surface area contributed by atoms with Crippen LogP contribution in [0.2, 0.25) is 0 Å². The minimum absolute atomic E-state index is 0.358. The Morgan fingerprint density at radius 2 is 1.40 bits per heavy atom. The van der Waals surface area contributed by atoms with Gasteiger partial charge < -0.3 is 14.4 Å². The van der Waals surface area contributed by atoms with Gasteiger partial charge in [-0.25, -0.2) is 0 Å². The summed E-state index contributed by atoms with van der Waals surface area (Å²) in [5.74, 6) is 0. The molecule has 1 aliphatic heterocycles. The molecule has 2 aromatic carbocycles. The summed E-state index contributed by atoms with van der Waals surface area (Å²) >= 11 is 0. The summed E-state index contributed by atoms with van der Waals surface area (Å²) in [4.78, 5) is 0. The zero-order valence-electron chi connectivity index (χ0n) is 16.0. The van der Waals surface area contributed by atoms with Crippen LogP contribution in [0.15, 0.2) is 48.5 Å². The second kappa shape index (κ2) is 5.98. The number of rotatable bonds is 3. The molecule has 0 amide bonds. The van der Waals surface area contributed by atoms with Crippen molar-refractivity contribution in [1.82, 2.24) is 0 Å². The van der Waals surface area contributed by atoms with E-state index in [1.54, 1.807) is 0 Å². The molecule has 0 spiro atoms. The van der Waals surface area contributed by atoms with Crippen molar-refractivity contribution in [2.45, 2.75) is 58.3 Å². The van der Waals surface area contributed by atoms with Gasteiger partial charge in [-0.15, -0.1) is 0 Å². The average molecular weight is 338 g/mol. The summed E-state index contributed by atoms with van der Waals surface area (Å²) < 4.78 is 12.2. The Hall–Kier alpha value is -1.62. The maximum atomic E-state index is 11.1. The van der Waals surface area contributed by atoms with Gasteiger partial charge in [-0.1, -0.05) is 48.5 Å². The highest BCUT2D eigenvalue weighted by Gasteiger charge is 2.51. The Balaban J connectivity index is 1.87. The van der Waals surface area contributed by atoms with Crippen LogP contribution in [0.25, 0.3) is 0 Å². The van der Waals surface area contributed by atoms with E-state index >= 15 is 0 Å². The second-order valence-electron chi connectivity index (χ2n) is 8.10. The van der Waals surface area contributed by atoms with Crippen molar-refractivity contribution in [3.05, 3.63) is 65.2 Å². The molecular weight excluding hydrogens is 311 g/mol. The summed E-state index contributed by atoms with van der Waals surface area (Å²) in [5.41, 5.74) is 2.04. The van der Waals surface area contributed by atoms with Gasteiger partial charge in [-0.3, -0.25) is 0 Å². The van der Waals surface area contributed by atoms with Crippen molar-refractivity contribution in [3.63, 3.8) is 0 Å². The lowest BCUT2D eigenvalue weighted by atomic mass is 9.77.